The summed E-state index contributed by atoms with van der Waals surface area (Å²) in [6.07, 6.45) is 4.74. The second-order valence-corrected chi connectivity index (χ2v) is 11.9. The molecular formula is C32H34F3N3O2. The van der Waals surface area contributed by atoms with Crippen LogP contribution >= 0.6 is 0 Å². The fourth-order valence-corrected chi connectivity index (χ4v) is 7.95. The molecule has 0 N–H and O–H groups in total. The van der Waals surface area contributed by atoms with Crippen LogP contribution in [0.25, 0.3) is 0 Å². The number of carbonyl (C=O) groups excluding carboxylic acids is 1. The molecule has 7 rings (SSSR count). The van der Waals surface area contributed by atoms with Crippen molar-refractivity contribution >= 4 is 28.8 Å². The van der Waals surface area contributed by atoms with E-state index in [-0.39, 0.29) is 28.2 Å². The van der Waals surface area contributed by atoms with E-state index in [0.717, 1.165) is 23.8 Å². The lowest BCUT2D eigenvalue weighted by atomic mass is 9.48. The van der Waals surface area contributed by atoms with Gasteiger partial charge in [-0.2, -0.15) is 13.2 Å². The van der Waals surface area contributed by atoms with Crippen LogP contribution in [0, 0.1) is 17.8 Å². The highest BCUT2D eigenvalue weighted by Crippen LogP contribution is 2.60. The number of halogens is 3. The topological polar surface area (TPSA) is 45.7 Å². The standard InChI is InChI=1S/C32H34F3N3O2/c1-37(24-8-6-23(7-9-24)31-17-20-13-21(18-31)15-22(14-20)19-31)28-11-10-25(16-27(28)32(33,34)35)38(2)29-26(30(39)40-3)5-4-12-36-29/h4-12,16,20-22H,13-15,17-19H2,1-3H3. The zero-order chi connectivity index (χ0) is 28.2. The monoisotopic (exact) mass is 549 g/mol. The summed E-state index contributed by atoms with van der Waals surface area (Å²) in [6.45, 7) is 0. The zero-order valence-electron chi connectivity index (χ0n) is 23.0. The second kappa shape index (κ2) is 9.82. The highest BCUT2D eigenvalue weighted by Gasteiger charge is 2.51. The average molecular weight is 550 g/mol. The number of pyridine rings is 1. The number of benzene rings is 2. The van der Waals surface area contributed by atoms with Crippen LogP contribution in [0.4, 0.5) is 36.1 Å². The van der Waals surface area contributed by atoms with Crippen LogP contribution in [0.2, 0.25) is 0 Å². The molecule has 0 atom stereocenters. The number of alkyl halides is 3. The SMILES string of the molecule is COC(=O)c1cccnc1N(C)c1ccc(N(C)c2ccc(C34CC5CC(CC(C5)C3)C4)cc2)c(C(F)(F)F)c1. The maximum absolute atomic E-state index is 14.4. The van der Waals surface area contributed by atoms with Crippen LogP contribution in [0.3, 0.4) is 0 Å². The molecule has 3 aromatic rings. The number of carbonyl (C=O) groups is 1. The molecule has 40 heavy (non-hydrogen) atoms. The highest BCUT2D eigenvalue weighted by atomic mass is 19.4. The Morgan fingerprint density at radius 3 is 2.08 bits per heavy atom. The molecule has 4 bridgehead atoms. The van der Waals surface area contributed by atoms with Gasteiger partial charge >= 0.3 is 12.1 Å². The van der Waals surface area contributed by atoms with E-state index < -0.39 is 17.7 Å². The van der Waals surface area contributed by atoms with E-state index in [4.69, 9.17) is 4.74 Å². The van der Waals surface area contributed by atoms with Crippen LogP contribution in [-0.2, 0) is 16.3 Å². The zero-order valence-corrected chi connectivity index (χ0v) is 23.0. The molecule has 5 nitrogen and oxygen atoms in total. The van der Waals surface area contributed by atoms with Crippen molar-refractivity contribution in [1.82, 2.24) is 4.98 Å². The number of methoxy groups -OCH3 is 1. The van der Waals surface area contributed by atoms with Gasteiger partial charge in [0.1, 0.15) is 11.4 Å². The van der Waals surface area contributed by atoms with Gasteiger partial charge in [0.05, 0.1) is 18.4 Å². The number of nitrogens with zero attached hydrogens (tertiary/aromatic N) is 3. The van der Waals surface area contributed by atoms with Gasteiger partial charge in [0.25, 0.3) is 0 Å². The van der Waals surface area contributed by atoms with E-state index in [2.05, 4.69) is 17.1 Å². The first-order valence-corrected chi connectivity index (χ1v) is 13.9. The van der Waals surface area contributed by atoms with E-state index in [1.54, 1.807) is 31.1 Å². The van der Waals surface area contributed by atoms with Crippen LogP contribution in [-0.4, -0.2) is 32.2 Å². The summed E-state index contributed by atoms with van der Waals surface area (Å²) in [4.78, 5) is 19.5. The normalized spacial score (nSPS) is 25.1. The maximum atomic E-state index is 14.4. The number of anilines is 4. The fourth-order valence-electron chi connectivity index (χ4n) is 7.95. The number of hydrogen-bond acceptors (Lipinski definition) is 5. The molecule has 0 amide bonds. The van der Waals surface area contributed by atoms with Gasteiger partial charge in [0, 0.05) is 31.7 Å². The van der Waals surface area contributed by atoms with Crippen molar-refractivity contribution in [1.29, 1.82) is 0 Å². The lowest BCUT2D eigenvalue weighted by molar-refractivity contribution is -0.137. The smallest absolute Gasteiger partial charge is 0.418 e. The Balaban J connectivity index is 1.30. The molecular weight excluding hydrogens is 515 g/mol. The molecule has 0 saturated heterocycles. The van der Waals surface area contributed by atoms with Gasteiger partial charge in [-0.25, -0.2) is 9.78 Å². The minimum atomic E-state index is -4.59. The summed E-state index contributed by atoms with van der Waals surface area (Å²) in [7, 11) is 4.50. The van der Waals surface area contributed by atoms with Crippen molar-refractivity contribution in [2.75, 3.05) is 31.0 Å². The molecule has 4 fully saturated rings. The number of aromatic nitrogens is 1. The predicted octanol–water partition coefficient (Wildman–Crippen LogP) is 7.89. The Morgan fingerprint density at radius 2 is 1.50 bits per heavy atom. The van der Waals surface area contributed by atoms with Gasteiger partial charge in [0.2, 0.25) is 0 Å². The number of hydrogen-bond donors (Lipinski definition) is 0. The van der Waals surface area contributed by atoms with E-state index in [1.165, 1.54) is 74.4 Å². The fraction of sp³-hybridized carbons (Fsp3) is 0.438. The minimum absolute atomic E-state index is 0.0569. The molecule has 1 aromatic heterocycles. The molecule has 4 saturated carbocycles. The van der Waals surface area contributed by atoms with E-state index >= 15 is 0 Å². The average Bonchev–Trinajstić information content (AvgIpc) is 2.94. The first-order chi connectivity index (χ1) is 19.1. The number of rotatable bonds is 6. The predicted molar refractivity (Wildman–Crippen MR) is 149 cm³/mol. The van der Waals surface area contributed by atoms with Gasteiger partial charge in [-0.3, -0.25) is 0 Å². The molecule has 0 radical (unpaired) electrons. The van der Waals surface area contributed by atoms with Crippen molar-refractivity contribution in [3.8, 4) is 0 Å². The largest absolute Gasteiger partial charge is 0.465 e. The van der Waals surface area contributed by atoms with E-state index in [1.807, 2.05) is 12.1 Å². The molecule has 8 heteroatoms. The summed E-state index contributed by atoms with van der Waals surface area (Å²) < 4.78 is 48.0. The highest BCUT2D eigenvalue weighted by molar-refractivity contribution is 5.95. The number of ether oxygens (including phenoxy) is 1. The van der Waals surface area contributed by atoms with Gasteiger partial charge in [-0.15, -0.1) is 0 Å². The van der Waals surface area contributed by atoms with Gasteiger partial charge < -0.3 is 14.5 Å². The maximum Gasteiger partial charge on any atom is 0.418 e. The van der Waals surface area contributed by atoms with Crippen molar-refractivity contribution in [2.24, 2.45) is 17.8 Å². The third kappa shape index (κ3) is 4.61. The Morgan fingerprint density at radius 1 is 0.900 bits per heavy atom. The van der Waals surface area contributed by atoms with Crippen LogP contribution in [0.1, 0.15) is 60.0 Å². The minimum Gasteiger partial charge on any atom is -0.465 e. The van der Waals surface area contributed by atoms with Crippen molar-refractivity contribution in [2.45, 2.75) is 50.1 Å². The molecule has 4 aliphatic carbocycles. The third-order valence-corrected chi connectivity index (χ3v) is 9.45. The Hall–Kier alpha value is -3.55. The first-order valence-electron chi connectivity index (χ1n) is 13.9. The second-order valence-electron chi connectivity index (χ2n) is 11.9. The Kier molecular flexibility index (Phi) is 6.55. The van der Waals surface area contributed by atoms with Gasteiger partial charge in [-0.05, 0) is 110 Å². The molecule has 0 unspecified atom stereocenters. The van der Waals surface area contributed by atoms with Gasteiger partial charge in [-0.1, -0.05) is 12.1 Å². The Labute approximate surface area is 233 Å². The Bertz CT molecular complexity index is 1380. The molecule has 1 heterocycles. The van der Waals surface area contributed by atoms with Crippen LogP contribution in [0.15, 0.2) is 60.8 Å². The van der Waals surface area contributed by atoms with Gasteiger partial charge in [0.15, 0.2) is 0 Å². The van der Waals surface area contributed by atoms with Crippen molar-refractivity contribution < 1.29 is 22.7 Å². The van der Waals surface area contributed by atoms with E-state index in [9.17, 15) is 18.0 Å². The van der Waals surface area contributed by atoms with E-state index in [0.29, 0.717) is 5.69 Å². The summed E-state index contributed by atoms with van der Waals surface area (Å²) in [6, 6.07) is 15.5. The summed E-state index contributed by atoms with van der Waals surface area (Å²) in [5.74, 6) is 2.08. The van der Waals surface area contributed by atoms with Crippen molar-refractivity contribution in [3.63, 3.8) is 0 Å². The quantitative estimate of drug-likeness (QED) is 0.293. The molecule has 4 aliphatic rings. The lowest BCUT2D eigenvalue weighted by Crippen LogP contribution is -2.48. The summed E-state index contributed by atoms with van der Waals surface area (Å²) in [5.41, 5.74) is 2.00. The molecule has 210 valence electrons. The van der Waals surface area contributed by atoms with Crippen LogP contribution < -0.4 is 9.80 Å². The molecule has 0 aliphatic heterocycles. The summed E-state index contributed by atoms with van der Waals surface area (Å²) >= 11 is 0. The molecule has 2 aromatic carbocycles. The number of esters is 1. The summed E-state index contributed by atoms with van der Waals surface area (Å²) in [5, 5.41) is 0. The molecule has 0 spiro atoms. The third-order valence-electron chi connectivity index (χ3n) is 9.45. The lowest BCUT2D eigenvalue weighted by Gasteiger charge is -2.57. The first kappa shape index (κ1) is 26.7. The van der Waals surface area contributed by atoms with Crippen LogP contribution in [0.5, 0.6) is 0 Å². The van der Waals surface area contributed by atoms with Crippen molar-refractivity contribution in [3.05, 3.63) is 77.5 Å².